The number of nitrogens with zero attached hydrogens (tertiary/aromatic N) is 2. The molecule has 1 amide bonds. The summed E-state index contributed by atoms with van der Waals surface area (Å²) in [4.78, 5) is 19.6. The van der Waals surface area contributed by atoms with E-state index in [1.54, 1.807) is 6.20 Å². The molecule has 1 aliphatic heterocycles. The summed E-state index contributed by atoms with van der Waals surface area (Å²) in [7, 11) is 0. The number of pyridine rings is 1. The van der Waals surface area contributed by atoms with Gasteiger partial charge >= 0.3 is 0 Å². The lowest BCUT2D eigenvalue weighted by atomic mass is 9.89. The normalized spacial score (nSPS) is 19.5. The maximum Gasteiger partial charge on any atom is 0.241 e. The number of hydrogen-bond acceptors (Lipinski definition) is 4. The van der Waals surface area contributed by atoms with E-state index in [-0.39, 0.29) is 36.8 Å². The number of fused-ring (bicyclic) bond motifs is 1. The Morgan fingerprint density at radius 3 is 2.60 bits per heavy atom. The predicted molar refractivity (Wildman–Crippen MR) is 128 cm³/mol. The molecular weight excluding hydrogens is 419 g/mol. The van der Waals surface area contributed by atoms with E-state index in [2.05, 4.69) is 39.5 Å². The number of carbonyl (C=O) groups excluding carboxylic acids is 1. The number of hydrogen-bond donors (Lipinski definition) is 2. The Morgan fingerprint density at radius 2 is 1.87 bits per heavy atom. The molecule has 1 fully saturated rings. The van der Waals surface area contributed by atoms with Crippen molar-refractivity contribution in [2.75, 3.05) is 25.0 Å². The van der Waals surface area contributed by atoms with Crippen LogP contribution in [0.1, 0.15) is 18.4 Å². The van der Waals surface area contributed by atoms with Crippen LogP contribution in [0.4, 0.5) is 5.69 Å². The fourth-order valence-electron chi connectivity index (χ4n) is 4.15. The molecule has 0 saturated carbocycles. The number of nitrogens with one attached hydrogen (secondary N) is 1. The Balaban J connectivity index is 0.00000160. The summed E-state index contributed by atoms with van der Waals surface area (Å²) in [6.45, 7) is 4.28. The van der Waals surface area contributed by atoms with E-state index in [9.17, 15) is 4.79 Å². The molecule has 2 heterocycles. The fourth-order valence-corrected chi connectivity index (χ4v) is 4.15. The number of rotatable bonds is 5. The minimum Gasteiger partial charge on any atom is -0.330 e. The summed E-state index contributed by atoms with van der Waals surface area (Å²) < 4.78 is 0. The topological polar surface area (TPSA) is 71.2 Å². The van der Waals surface area contributed by atoms with Gasteiger partial charge in [0, 0.05) is 30.6 Å². The summed E-state index contributed by atoms with van der Waals surface area (Å²) in [5, 5.41) is 4.05. The summed E-state index contributed by atoms with van der Waals surface area (Å²) in [5.74, 6) is 0.725. The Morgan fingerprint density at radius 1 is 1.10 bits per heavy atom. The van der Waals surface area contributed by atoms with Crippen LogP contribution in [0.5, 0.6) is 0 Å². The zero-order chi connectivity index (χ0) is 19.5. The minimum atomic E-state index is -0.227. The van der Waals surface area contributed by atoms with E-state index in [0.29, 0.717) is 18.4 Å². The molecule has 3 N–H and O–H groups in total. The molecule has 7 heteroatoms. The molecule has 5 nitrogen and oxygen atoms in total. The van der Waals surface area contributed by atoms with E-state index in [4.69, 9.17) is 5.73 Å². The predicted octanol–water partition coefficient (Wildman–Crippen LogP) is 4.08. The van der Waals surface area contributed by atoms with Crippen molar-refractivity contribution in [1.82, 2.24) is 9.88 Å². The molecular formula is C23H28Cl2N4O. The summed E-state index contributed by atoms with van der Waals surface area (Å²) >= 11 is 0. The van der Waals surface area contributed by atoms with Gasteiger partial charge in [-0.1, -0.05) is 36.4 Å². The molecule has 3 aromatic rings. The van der Waals surface area contributed by atoms with Crippen LogP contribution >= 0.6 is 24.8 Å². The lowest BCUT2D eigenvalue weighted by Crippen LogP contribution is -2.41. The molecule has 4 rings (SSSR count). The zero-order valence-electron chi connectivity index (χ0n) is 16.9. The van der Waals surface area contributed by atoms with Crippen LogP contribution in [0, 0.1) is 5.92 Å². The Kier molecular flexibility index (Phi) is 8.62. The van der Waals surface area contributed by atoms with Crippen LogP contribution in [0.25, 0.3) is 10.9 Å². The zero-order valence-corrected chi connectivity index (χ0v) is 18.5. The molecule has 1 aromatic heterocycles. The van der Waals surface area contributed by atoms with Gasteiger partial charge in [0.1, 0.15) is 0 Å². The molecule has 0 radical (unpaired) electrons. The van der Waals surface area contributed by atoms with Crippen molar-refractivity contribution in [3.63, 3.8) is 0 Å². The molecule has 3 atom stereocenters. The van der Waals surface area contributed by atoms with Gasteiger partial charge in [-0.15, -0.1) is 24.8 Å². The van der Waals surface area contributed by atoms with Gasteiger partial charge in [0.25, 0.3) is 0 Å². The maximum absolute atomic E-state index is 13.0. The summed E-state index contributed by atoms with van der Waals surface area (Å²) in [6, 6.07) is 19.9. The second-order valence-electron chi connectivity index (χ2n) is 7.51. The first-order chi connectivity index (χ1) is 13.7. The number of benzene rings is 2. The van der Waals surface area contributed by atoms with Crippen LogP contribution in [-0.4, -0.2) is 41.5 Å². The SMILES string of the molecule is CC(C(=O)Nc1cccc2ncccc12)N1C[C@@H](CN)[C@H](c2ccccc2)C1.Cl.Cl. The number of halogens is 2. The van der Waals surface area contributed by atoms with Gasteiger partial charge in [0.05, 0.1) is 17.2 Å². The average molecular weight is 447 g/mol. The maximum atomic E-state index is 13.0. The van der Waals surface area contributed by atoms with Crippen LogP contribution in [0.3, 0.4) is 0 Å². The molecule has 2 aromatic carbocycles. The monoisotopic (exact) mass is 446 g/mol. The highest BCUT2D eigenvalue weighted by molar-refractivity contribution is 6.02. The smallest absolute Gasteiger partial charge is 0.241 e. The Labute approximate surface area is 189 Å². The van der Waals surface area contributed by atoms with Crippen LogP contribution < -0.4 is 11.1 Å². The molecule has 0 bridgehead atoms. The highest BCUT2D eigenvalue weighted by atomic mass is 35.5. The van der Waals surface area contributed by atoms with Crippen molar-refractivity contribution in [3.05, 3.63) is 72.4 Å². The van der Waals surface area contributed by atoms with Crippen LogP contribution in [0.15, 0.2) is 66.9 Å². The molecule has 1 unspecified atom stereocenters. The number of amides is 1. The third-order valence-corrected chi connectivity index (χ3v) is 5.83. The van der Waals surface area contributed by atoms with Crippen LogP contribution in [0.2, 0.25) is 0 Å². The Hall–Kier alpha value is -2.18. The van der Waals surface area contributed by atoms with E-state index in [1.165, 1.54) is 5.56 Å². The molecule has 0 aliphatic carbocycles. The fraction of sp³-hybridized carbons (Fsp3) is 0.304. The van der Waals surface area contributed by atoms with Gasteiger partial charge in [-0.3, -0.25) is 14.7 Å². The number of anilines is 1. The van der Waals surface area contributed by atoms with Gasteiger partial charge < -0.3 is 11.1 Å². The van der Waals surface area contributed by atoms with E-state index in [1.807, 2.05) is 43.3 Å². The average Bonchev–Trinajstić information content (AvgIpc) is 3.18. The van der Waals surface area contributed by atoms with Gasteiger partial charge in [0.2, 0.25) is 5.91 Å². The number of carbonyl (C=O) groups is 1. The van der Waals surface area contributed by atoms with E-state index in [0.717, 1.165) is 29.7 Å². The molecule has 0 spiro atoms. The lowest BCUT2D eigenvalue weighted by Gasteiger charge is -2.24. The van der Waals surface area contributed by atoms with Crippen molar-refractivity contribution in [1.29, 1.82) is 0 Å². The summed E-state index contributed by atoms with van der Waals surface area (Å²) in [6.07, 6.45) is 1.76. The van der Waals surface area contributed by atoms with Crippen molar-refractivity contribution in [2.45, 2.75) is 18.9 Å². The van der Waals surface area contributed by atoms with Crippen LogP contribution in [-0.2, 0) is 4.79 Å². The first-order valence-electron chi connectivity index (χ1n) is 9.81. The third kappa shape index (κ3) is 4.93. The highest BCUT2D eigenvalue weighted by Crippen LogP contribution is 2.33. The molecule has 1 aliphatic rings. The second-order valence-corrected chi connectivity index (χ2v) is 7.51. The third-order valence-electron chi connectivity index (χ3n) is 5.83. The number of likely N-dealkylation sites (tertiary alicyclic amines) is 1. The molecule has 160 valence electrons. The largest absolute Gasteiger partial charge is 0.330 e. The number of nitrogens with two attached hydrogens (primary N) is 1. The van der Waals surface area contributed by atoms with E-state index < -0.39 is 0 Å². The van der Waals surface area contributed by atoms with Gasteiger partial charge in [0.15, 0.2) is 0 Å². The lowest BCUT2D eigenvalue weighted by molar-refractivity contribution is -0.120. The van der Waals surface area contributed by atoms with Crippen molar-refractivity contribution >= 4 is 47.3 Å². The van der Waals surface area contributed by atoms with Gasteiger partial charge in [-0.05, 0) is 49.2 Å². The second kappa shape index (κ2) is 10.7. The van der Waals surface area contributed by atoms with Crippen molar-refractivity contribution in [3.8, 4) is 0 Å². The quantitative estimate of drug-likeness (QED) is 0.619. The Bertz CT molecular complexity index is 964. The standard InChI is InChI=1S/C23H26N4O.2ClH/c1-16(23(28)26-22-11-5-10-21-19(22)9-6-12-25-21)27-14-18(13-24)20(15-27)17-7-3-2-4-8-17;;/h2-12,16,18,20H,13-15,24H2,1H3,(H,26,28);2*1H/t16?,18-,20+;;/m1../s1. The van der Waals surface area contributed by atoms with Crippen molar-refractivity contribution < 1.29 is 4.79 Å². The highest BCUT2D eigenvalue weighted by Gasteiger charge is 2.36. The molecule has 1 saturated heterocycles. The van der Waals surface area contributed by atoms with Crippen molar-refractivity contribution in [2.24, 2.45) is 11.7 Å². The van der Waals surface area contributed by atoms with Gasteiger partial charge in [-0.2, -0.15) is 0 Å². The first-order valence-corrected chi connectivity index (χ1v) is 9.81. The number of aromatic nitrogens is 1. The minimum absolute atomic E-state index is 0. The first kappa shape index (κ1) is 24.1. The van der Waals surface area contributed by atoms with Gasteiger partial charge in [-0.25, -0.2) is 0 Å². The van der Waals surface area contributed by atoms with E-state index >= 15 is 0 Å². The molecule has 30 heavy (non-hydrogen) atoms. The summed E-state index contributed by atoms with van der Waals surface area (Å²) in [5.41, 5.74) is 9.03.